The molecule has 0 fully saturated rings. The van der Waals surface area contributed by atoms with Gasteiger partial charge in [-0.1, -0.05) is 76.8 Å². The Bertz CT molecular complexity index is 1510. The normalized spacial score (nSPS) is 11.1. The molecule has 0 saturated carbocycles. The van der Waals surface area contributed by atoms with Gasteiger partial charge in [0.25, 0.3) is 0 Å². The van der Waals surface area contributed by atoms with Gasteiger partial charge in [0, 0.05) is 31.0 Å². The van der Waals surface area contributed by atoms with Gasteiger partial charge >= 0.3 is 6.01 Å². The first-order valence-corrected chi connectivity index (χ1v) is 13.0. The fourth-order valence-electron chi connectivity index (χ4n) is 4.09. The Labute approximate surface area is 236 Å². The summed E-state index contributed by atoms with van der Waals surface area (Å²) in [6.45, 7) is 2.00. The minimum atomic E-state index is -0.173. The van der Waals surface area contributed by atoms with Gasteiger partial charge in [-0.05, 0) is 59.1 Å². The summed E-state index contributed by atoms with van der Waals surface area (Å²) in [5, 5.41) is 18.1. The molecule has 0 radical (unpaired) electrons. The van der Waals surface area contributed by atoms with E-state index in [0.29, 0.717) is 17.9 Å². The number of phenolic OH excluding ortho intramolecular Hbond substituents is 1. The van der Waals surface area contributed by atoms with Crippen LogP contribution >= 0.6 is 23.2 Å². The summed E-state index contributed by atoms with van der Waals surface area (Å²) < 4.78 is 5.70. The predicted molar refractivity (Wildman–Crippen MR) is 153 cm³/mol. The molecule has 0 bridgehead atoms. The van der Waals surface area contributed by atoms with Crippen molar-refractivity contribution in [1.29, 1.82) is 0 Å². The van der Waals surface area contributed by atoms with Crippen molar-refractivity contribution in [2.24, 2.45) is 0 Å². The molecule has 0 unspecified atom stereocenters. The van der Waals surface area contributed by atoms with Crippen LogP contribution in [0.2, 0.25) is 10.0 Å². The summed E-state index contributed by atoms with van der Waals surface area (Å²) in [6.07, 6.45) is 5.14. The second-order valence-corrected chi connectivity index (χ2v) is 9.94. The molecule has 2 heterocycles. The third-order valence-electron chi connectivity index (χ3n) is 6.12. The van der Waals surface area contributed by atoms with Crippen LogP contribution in [0.4, 0.5) is 0 Å². The summed E-state index contributed by atoms with van der Waals surface area (Å²) in [5.74, 6) is -0.173. The highest BCUT2D eigenvalue weighted by molar-refractivity contribution is 6.37. The number of hydrogen-bond acceptors (Lipinski definition) is 7. The zero-order valence-electron chi connectivity index (χ0n) is 21.1. The standard InChI is InChI=1S/C30H25Cl2N5O2/c1-37(18-21-6-8-23(9-7-21)24-10-12-33-13-11-24)17-20-2-4-22(5-3-20)19-39-30-34-16-28(35-36-30)25-14-26(31)29(38)27(32)15-25/h2-16,38H,17-19H2,1H3. The van der Waals surface area contributed by atoms with Gasteiger partial charge in [0.1, 0.15) is 12.3 Å². The molecule has 0 atom stereocenters. The Kier molecular flexibility index (Phi) is 8.32. The van der Waals surface area contributed by atoms with Crippen molar-refractivity contribution in [3.63, 3.8) is 0 Å². The number of phenols is 1. The average molecular weight is 558 g/mol. The van der Waals surface area contributed by atoms with Crippen LogP contribution in [0.3, 0.4) is 0 Å². The Hall–Kier alpha value is -4.04. The van der Waals surface area contributed by atoms with Gasteiger partial charge in [0.15, 0.2) is 5.75 Å². The number of halogens is 2. The summed E-state index contributed by atoms with van der Waals surface area (Å²) in [4.78, 5) is 10.6. The molecule has 5 aromatic rings. The van der Waals surface area contributed by atoms with Gasteiger partial charge in [0.05, 0.1) is 16.2 Å². The number of nitrogens with zero attached hydrogens (tertiary/aromatic N) is 5. The fourth-order valence-corrected chi connectivity index (χ4v) is 4.58. The number of rotatable bonds is 9. The molecule has 3 aromatic carbocycles. The van der Waals surface area contributed by atoms with Crippen molar-refractivity contribution >= 4 is 23.2 Å². The molecule has 0 saturated heterocycles. The maximum absolute atomic E-state index is 9.72. The van der Waals surface area contributed by atoms with E-state index in [-0.39, 0.29) is 21.8 Å². The number of hydrogen-bond donors (Lipinski definition) is 1. The highest BCUT2D eigenvalue weighted by atomic mass is 35.5. The minimum Gasteiger partial charge on any atom is -0.505 e. The molecule has 0 spiro atoms. The van der Waals surface area contributed by atoms with Gasteiger partial charge in [-0.25, -0.2) is 4.98 Å². The second kappa shape index (κ2) is 12.2. The smallest absolute Gasteiger partial charge is 0.336 e. The predicted octanol–water partition coefficient (Wildman–Crippen LogP) is 6.82. The second-order valence-electron chi connectivity index (χ2n) is 9.12. The van der Waals surface area contributed by atoms with E-state index in [9.17, 15) is 5.11 Å². The van der Waals surface area contributed by atoms with Crippen LogP contribution in [0.25, 0.3) is 22.4 Å². The van der Waals surface area contributed by atoms with Crippen molar-refractivity contribution in [3.05, 3.63) is 118 Å². The third-order valence-corrected chi connectivity index (χ3v) is 6.69. The van der Waals surface area contributed by atoms with E-state index in [1.165, 1.54) is 28.5 Å². The molecule has 196 valence electrons. The van der Waals surface area contributed by atoms with E-state index in [2.05, 4.69) is 68.5 Å². The van der Waals surface area contributed by atoms with Crippen molar-refractivity contribution in [2.75, 3.05) is 7.05 Å². The highest BCUT2D eigenvalue weighted by Crippen LogP contribution is 2.35. The van der Waals surface area contributed by atoms with Crippen LogP contribution in [0.15, 0.2) is 91.4 Å². The van der Waals surface area contributed by atoms with Crippen LogP contribution in [0.5, 0.6) is 11.8 Å². The molecule has 2 aromatic heterocycles. The lowest BCUT2D eigenvalue weighted by atomic mass is 10.0. The molecule has 0 aliphatic heterocycles. The summed E-state index contributed by atoms with van der Waals surface area (Å²) in [6, 6.07) is 24.2. The van der Waals surface area contributed by atoms with E-state index < -0.39 is 0 Å². The van der Waals surface area contributed by atoms with Crippen LogP contribution < -0.4 is 4.74 Å². The maximum Gasteiger partial charge on any atom is 0.336 e. The Morgan fingerprint density at radius 1 is 0.744 bits per heavy atom. The van der Waals surface area contributed by atoms with Gasteiger partial charge in [-0.2, -0.15) is 0 Å². The zero-order valence-corrected chi connectivity index (χ0v) is 22.6. The molecule has 0 amide bonds. The Morgan fingerprint density at radius 3 is 1.90 bits per heavy atom. The quantitative estimate of drug-likeness (QED) is 0.212. The Balaban J connectivity index is 1.12. The van der Waals surface area contributed by atoms with Crippen molar-refractivity contribution in [2.45, 2.75) is 19.7 Å². The largest absolute Gasteiger partial charge is 0.505 e. The molecular formula is C30H25Cl2N5O2. The monoisotopic (exact) mass is 557 g/mol. The van der Waals surface area contributed by atoms with Crippen LogP contribution in [0.1, 0.15) is 16.7 Å². The molecule has 0 aliphatic rings. The van der Waals surface area contributed by atoms with Gasteiger partial charge in [-0.3, -0.25) is 9.88 Å². The maximum atomic E-state index is 9.72. The van der Waals surface area contributed by atoms with Gasteiger partial charge < -0.3 is 9.84 Å². The van der Waals surface area contributed by atoms with Crippen LogP contribution in [-0.2, 0) is 19.7 Å². The van der Waals surface area contributed by atoms with E-state index >= 15 is 0 Å². The average Bonchev–Trinajstić information content (AvgIpc) is 2.96. The van der Waals surface area contributed by atoms with Crippen molar-refractivity contribution < 1.29 is 9.84 Å². The first kappa shape index (κ1) is 26.6. The topological polar surface area (TPSA) is 84.3 Å². The Morgan fingerprint density at radius 2 is 1.31 bits per heavy atom. The van der Waals surface area contributed by atoms with Gasteiger partial charge in [-0.15, -0.1) is 5.10 Å². The molecule has 1 N–H and O–H groups in total. The third kappa shape index (κ3) is 6.89. The molecule has 39 heavy (non-hydrogen) atoms. The van der Waals surface area contributed by atoms with Crippen LogP contribution in [0, 0.1) is 0 Å². The highest BCUT2D eigenvalue weighted by Gasteiger charge is 2.11. The fraction of sp³-hybridized carbons (Fsp3) is 0.133. The van der Waals surface area contributed by atoms with E-state index in [4.69, 9.17) is 27.9 Å². The number of aromatic hydroxyl groups is 1. The van der Waals surface area contributed by atoms with E-state index in [1.807, 2.05) is 36.7 Å². The summed E-state index contributed by atoms with van der Waals surface area (Å²) >= 11 is 12.0. The minimum absolute atomic E-state index is 0.130. The molecule has 5 rings (SSSR count). The number of ether oxygens (including phenoxy) is 1. The summed E-state index contributed by atoms with van der Waals surface area (Å²) in [5.41, 5.74) is 6.88. The van der Waals surface area contributed by atoms with Gasteiger partial charge in [0.2, 0.25) is 0 Å². The van der Waals surface area contributed by atoms with Crippen LogP contribution in [-0.4, -0.2) is 37.2 Å². The zero-order chi connectivity index (χ0) is 27.2. The number of aromatic nitrogens is 4. The molecule has 9 heteroatoms. The van der Waals surface area contributed by atoms with E-state index in [0.717, 1.165) is 18.7 Å². The lowest BCUT2D eigenvalue weighted by Gasteiger charge is -2.17. The van der Waals surface area contributed by atoms with Crippen molar-refractivity contribution in [3.8, 4) is 34.1 Å². The first-order chi connectivity index (χ1) is 18.9. The number of benzene rings is 3. The summed E-state index contributed by atoms with van der Waals surface area (Å²) in [7, 11) is 2.11. The first-order valence-electron chi connectivity index (χ1n) is 12.2. The SMILES string of the molecule is CN(Cc1ccc(COc2ncc(-c3cc(Cl)c(O)c(Cl)c3)nn2)cc1)Cc1ccc(-c2ccncc2)cc1. The van der Waals surface area contributed by atoms with Crippen molar-refractivity contribution in [1.82, 2.24) is 25.1 Å². The van der Waals surface area contributed by atoms with E-state index in [1.54, 1.807) is 12.1 Å². The lowest BCUT2D eigenvalue weighted by molar-refractivity contribution is 0.276. The molecule has 7 nitrogen and oxygen atoms in total. The molecular weight excluding hydrogens is 533 g/mol. The molecule has 0 aliphatic carbocycles. The lowest BCUT2D eigenvalue weighted by Crippen LogP contribution is -2.17. The number of pyridine rings is 1.